The maximum Gasteiger partial charge on any atom is 0.335 e. The van der Waals surface area contributed by atoms with Crippen LogP contribution in [0.3, 0.4) is 0 Å². The number of aliphatic hydroxyl groups excluding tert-OH is 1. The van der Waals surface area contributed by atoms with Crippen molar-refractivity contribution in [1.82, 2.24) is 4.90 Å². The molecule has 32 heavy (non-hydrogen) atoms. The highest BCUT2D eigenvalue weighted by molar-refractivity contribution is 9.10. The number of aliphatic hydroxyl groups is 1. The molecular formula is C24H18BrNO6. The van der Waals surface area contributed by atoms with Crippen molar-refractivity contribution in [3.05, 3.63) is 98.9 Å². The van der Waals surface area contributed by atoms with Crippen LogP contribution in [0.4, 0.5) is 0 Å². The van der Waals surface area contributed by atoms with Crippen molar-refractivity contribution in [2.75, 3.05) is 0 Å². The Morgan fingerprint density at radius 1 is 1.06 bits per heavy atom. The lowest BCUT2D eigenvalue weighted by Gasteiger charge is -2.23. The summed E-state index contributed by atoms with van der Waals surface area (Å²) in [5, 5.41) is 20.1. The van der Waals surface area contributed by atoms with E-state index in [0.717, 1.165) is 10.0 Å². The molecule has 7 nitrogen and oxygen atoms in total. The molecular weight excluding hydrogens is 478 g/mol. The Bertz CT molecular complexity index is 1240. The summed E-state index contributed by atoms with van der Waals surface area (Å²) in [7, 11) is 0. The van der Waals surface area contributed by atoms with E-state index < -0.39 is 23.7 Å². The van der Waals surface area contributed by atoms with Gasteiger partial charge in [0.05, 0.1) is 17.4 Å². The van der Waals surface area contributed by atoms with Gasteiger partial charge < -0.3 is 19.5 Å². The molecule has 1 unspecified atom stereocenters. The fourth-order valence-corrected chi connectivity index (χ4v) is 3.93. The molecule has 2 N–H and O–H groups in total. The first-order valence-corrected chi connectivity index (χ1v) is 10.5. The molecule has 162 valence electrons. The molecule has 2 heterocycles. The Balaban J connectivity index is 1.79. The summed E-state index contributed by atoms with van der Waals surface area (Å²) < 4.78 is 6.36. The maximum atomic E-state index is 13.0. The Labute approximate surface area is 191 Å². The van der Waals surface area contributed by atoms with Crippen LogP contribution in [-0.4, -0.2) is 32.8 Å². The van der Waals surface area contributed by atoms with Crippen LogP contribution in [0.1, 0.15) is 38.9 Å². The molecule has 1 aliphatic heterocycles. The molecule has 1 amide bonds. The number of likely N-dealkylation sites (tertiary alicyclic amines) is 1. The van der Waals surface area contributed by atoms with Crippen molar-refractivity contribution < 1.29 is 29.0 Å². The van der Waals surface area contributed by atoms with Gasteiger partial charge in [-0.2, -0.15) is 0 Å². The van der Waals surface area contributed by atoms with E-state index >= 15 is 0 Å². The van der Waals surface area contributed by atoms with Crippen LogP contribution in [0.15, 0.2) is 75.3 Å². The average Bonchev–Trinajstić information content (AvgIpc) is 3.38. The van der Waals surface area contributed by atoms with Crippen molar-refractivity contribution in [3.63, 3.8) is 0 Å². The second-order valence-electron chi connectivity index (χ2n) is 7.41. The SMILES string of the molecule is Cc1cc(/C(O)=C2/C(=O)C(=O)N(Cc3ccc(C(=O)O)cc3)C2c2ccco2)ccc1Br. The van der Waals surface area contributed by atoms with Gasteiger partial charge in [0, 0.05) is 16.6 Å². The Morgan fingerprint density at radius 2 is 1.75 bits per heavy atom. The zero-order chi connectivity index (χ0) is 23.0. The van der Waals surface area contributed by atoms with E-state index in [9.17, 15) is 19.5 Å². The third-order valence-electron chi connectivity index (χ3n) is 5.34. The molecule has 1 fully saturated rings. The smallest absolute Gasteiger partial charge is 0.335 e. The number of hydrogen-bond acceptors (Lipinski definition) is 5. The molecule has 0 bridgehead atoms. The molecule has 1 aliphatic rings. The number of carboxylic acids is 1. The number of halogens is 1. The Hall–Kier alpha value is -3.65. The van der Waals surface area contributed by atoms with E-state index in [4.69, 9.17) is 9.52 Å². The number of benzene rings is 2. The largest absolute Gasteiger partial charge is 0.507 e. The van der Waals surface area contributed by atoms with Gasteiger partial charge in [0.25, 0.3) is 11.7 Å². The first-order chi connectivity index (χ1) is 15.3. The molecule has 0 radical (unpaired) electrons. The Kier molecular flexibility index (Phi) is 5.71. The second-order valence-corrected chi connectivity index (χ2v) is 8.26. The lowest BCUT2D eigenvalue weighted by molar-refractivity contribution is -0.140. The number of Topliss-reactive ketones (excluding diaryl/α,β-unsaturated/α-hetero) is 1. The maximum absolute atomic E-state index is 13.0. The summed E-state index contributed by atoms with van der Waals surface area (Å²) in [6, 6.07) is 13.5. The normalized spacial score (nSPS) is 17.7. The molecule has 1 saturated heterocycles. The van der Waals surface area contributed by atoms with Gasteiger partial charge in [0.1, 0.15) is 17.6 Å². The first kappa shape index (κ1) is 21.6. The zero-order valence-corrected chi connectivity index (χ0v) is 18.5. The summed E-state index contributed by atoms with van der Waals surface area (Å²) >= 11 is 3.41. The van der Waals surface area contributed by atoms with Gasteiger partial charge >= 0.3 is 5.97 Å². The quantitative estimate of drug-likeness (QED) is 0.302. The monoisotopic (exact) mass is 495 g/mol. The predicted octanol–water partition coefficient (Wildman–Crippen LogP) is 4.67. The van der Waals surface area contributed by atoms with E-state index in [1.807, 2.05) is 6.92 Å². The van der Waals surface area contributed by atoms with Crippen LogP contribution < -0.4 is 0 Å². The van der Waals surface area contributed by atoms with Gasteiger partial charge in [-0.1, -0.05) is 34.1 Å². The number of aromatic carboxylic acids is 1. The molecule has 4 rings (SSSR count). The zero-order valence-electron chi connectivity index (χ0n) is 16.9. The highest BCUT2D eigenvalue weighted by Crippen LogP contribution is 2.40. The van der Waals surface area contributed by atoms with E-state index in [2.05, 4.69) is 15.9 Å². The molecule has 1 aromatic heterocycles. The number of amides is 1. The van der Waals surface area contributed by atoms with Crippen molar-refractivity contribution in [3.8, 4) is 0 Å². The van der Waals surface area contributed by atoms with Crippen molar-refractivity contribution in [1.29, 1.82) is 0 Å². The number of furan rings is 1. The summed E-state index contributed by atoms with van der Waals surface area (Å²) in [6.45, 7) is 1.89. The number of aryl methyl sites for hydroxylation is 1. The minimum Gasteiger partial charge on any atom is -0.507 e. The van der Waals surface area contributed by atoms with Crippen LogP contribution in [-0.2, 0) is 16.1 Å². The molecule has 1 atom stereocenters. The van der Waals surface area contributed by atoms with Gasteiger partial charge in [-0.25, -0.2) is 4.79 Å². The summed E-state index contributed by atoms with van der Waals surface area (Å²) in [6.07, 6.45) is 1.43. The number of ketones is 1. The van der Waals surface area contributed by atoms with Crippen molar-refractivity contribution in [2.45, 2.75) is 19.5 Å². The van der Waals surface area contributed by atoms with Crippen LogP contribution in [0.25, 0.3) is 5.76 Å². The topological polar surface area (TPSA) is 108 Å². The van der Waals surface area contributed by atoms with Crippen LogP contribution in [0.2, 0.25) is 0 Å². The minimum absolute atomic E-state index is 0.0337. The van der Waals surface area contributed by atoms with Crippen molar-refractivity contribution in [2.24, 2.45) is 0 Å². The third-order valence-corrected chi connectivity index (χ3v) is 6.23. The van der Waals surface area contributed by atoms with Gasteiger partial charge in [-0.3, -0.25) is 9.59 Å². The number of carboxylic acid groups (broad SMARTS) is 1. The Morgan fingerprint density at radius 3 is 2.34 bits per heavy atom. The standard InChI is InChI=1S/C24H18BrNO6/c1-13-11-16(8-9-17(13)25)21(27)19-20(18-3-2-10-32-18)26(23(29)22(19)28)12-14-4-6-15(7-5-14)24(30)31/h2-11,20,27H,12H2,1H3,(H,30,31)/b21-19-. The van der Waals surface area contributed by atoms with Crippen LogP contribution >= 0.6 is 15.9 Å². The number of rotatable bonds is 5. The van der Waals surface area contributed by atoms with Crippen molar-refractivity contribution >= 4 is 39.3 Å². The lowest BCUT2D eigenvalue weighted by atomic mass is 9.98. The van der Waals surface area contributed by atoms with Crippen LogP contribution in [0, 0.1) is 6.92 Å². The van der Waals surface area contributed by atoms with Gasteiger partial charge in [-0.15, -0.1) is 0 Å². The molecule has 0 spiro atoms. The highest BCUT2D eigenvalue weighted by atomic mass is 79.9. The molecule has 3 aromatic rings. The number of carbonyl (C=O) groups excluding carboxylic acids is 2. The minimum atomic E-state index is -1.06. The summed E-state index contributed by atoms with van der Waals surface area (Å²) in [5.41, 5.74) is 1.95. The molecule has 0 saturated carbocycles. The second kappa shape index (κ2) is 8.47. The van der Waals surface area contributed by atoms with Crippen LogP contribution in [0.5, 0.6) is 0 Å². The van der Waals surface area contributed by atoms with Gasteiger partial charge in [0.15, 0.2) is 0 Å². The predicted molar refractivity (Wildman–Crippen MR) is 119 cm³/mol. The molecule has 0 aliphatic carbocycles. The first-order valence-electron chi connectivity index (χ1n) is 9.68. The van der Waals surface area contributed by atoms with E-state index in [-0.39, 0.29) is 23.4 Å². The molecule has 8 heteroatoms. The van der Waals surface area contributed by atoms with Gasteiger partial charge in [-0.05, 0) is 54.4 Å². The highest BCUT2D eigenvalue weighted by Gasteiger charge is 2.47. The van der Waals surface area contributed by atoms with Gasteiger partial charge in [0.2, 0.25) is 0 Å². The van der Waals surface area contributed by atoms with E-state index in [0.29, 0.717) is 16.9 Å². The van der Waals surface area contributed by atoms with E-state index in [1.54, 1.807) is 42.5 Å². The fraction of sp³-hybridized carbons (Fsp3) is 0.125. The van der Waals surface area contributed by atoms with E-state index in [1.165, 1.54) is 23.3 Å². The number of hydrogen-bond donors (Lipinski definition) is 2. The molecule has 2 aromatic carbocycles. The summed E-state index contributed by atoms with van der Waals surface area (Å²) in [4.78, 5) is 38.3. The number of carbonyl (C=O) groups is 3. The number of nitrogens with zero attached hydrogens (tertiary/aromatic N) is 1. The fourth-order valence-electron chi connectivity index (χ4n) is 3.68. The average molecular weight is 496 g/mol. The third kappa shape index (κ3) is 3.85. The lowest BCUT2D eigenvalue weighted by Crippen LogP contribution is -2.29. The summed E-state index contributed by atoms with van der Waals surface area (Å²) in [5.74, 6) is -2.60.